The second-order valence-electron chi connectivity index (χ2n) is 21.7. The van der Waals surface area contributed by atoms with Crippen molar-refractivity contribution >= 4 is 51.0 Å². The largest absolute Gasteiger partial charge is 0.493 e. The molecule has 0 aliphatic heterocycles. The van der Waals surface area contributed by atoms with Crippen molar-refractivity contribution in [2.45, 2.75) is 38.0 Å². The molecule has 0 N–H and O–H groups in total. The van der Waals surface area contributed by atoms with Gasteiger partial charge in [0.1, 0.15) is 5.75 Å². The van der Waals surface area contributed by atoms with Crippen molar-refractivity contribution in [3.63, 3.8) is 0 Å². The van der Waals surface area contributed by atoms with Gasteiger partial charge in [0.05, 0.1) is 17.6 Å². The van der Waals surface area contributed by atoms with Crippen molar-refractivity contribution in [3.05, 3.63) is 308 Å². The molecular formula is C78H64N2O. The zero-order chi connectivity index (χ0) is 54.7. The van der Waals surface area contributed by atoms with Crippen LogP contribution in [0.4, 0.5) is 17.1 Å². The van der Waals surface area contributed by atoms with Crippen molar-refractivity contribution in [2.24, 2.45) is 5.92 Å². The van der Waals surface area contributed by atoms with Crippen LogP contribution in [0.15, 0.2) is 280 Å². The van der Waals surface area contributed by atoms with Gasteiger partial charge in [0.25, 0.3) is 0 Å². The van der Waals surface area contributed by atoms with Crippen molar-refractivity contribution in [2.75, 3.05) is 11.5 Å². The van der Waals surface area contributed by atoms with Crippen LogP contribution in [-0.2, 0) is 5.41 Å². The summed E-state index contributed by atoms with van der Waals surface area (Å²) < 4.78 is 8.79. The maximum absolute atomic E-state index is 6.39. The van der Waals surface area contributed by atoms with Crippen LogP contribution in [0.2, 0.25) is 0 Å². The fourth-order valence-corrected chi connectivity index (χ4v) is 12.6. The van der Waals surface area contributed by atoms with E-state index in [1.165, 1.54) is 83.0 Å². The van der Waals surface area contributed by atoms with Crippen molar-refractivity contribution in [1.82, 2.24) is 4.57 Å². The molecule has 1 heterocycles. The van der Waals surface area contributed by atoms with E-state index in [2.05, 4.69) is 296 Å². The van der Waals surface area contributed by atoms with Crippen LogP contribution in [0.1, 0.15) is 60.4 Å². The number of hydrogen-bond donors (Lipinski definition) is 0. The Labute approximate surface area is 477 Å². The van der Waals surface area contributed by atoms with E-state index in [0.717, 1.165) is 65.3 Å². The number of nitrogens with zero attached hydrogens (tertiary/aromatic N) is 2. The Morgan fingerprint density at radius 2 is 0.926 bits per heavy atom. The monoisotopic (exact) mass is 1040 g/mol. The summed E-state index contributed by atoms with van der Waals surface area (Å²) in [5.41, 5.74) is 22.6. The molecule has 0 spiro atoms. The molecule has 1 aliphatic carbocycles. The summed E-state index contributed by atoms with van der Waals surface area (Å²) in [5, 5.41) is 2.45. The van der Waals surface area contributed by atoms with Crippen LogP contribution in [0.25, 0.3) is 84.2 Å². The highest BCUT2D eigenvalue weighted by Gasteiger charge is 2.44. The Morgan fingerprint density at radius 1 is 0.444 bits per heavy atom. The van der Waals surface area contributed by atoms with Crippen molar-refractivity contribution < 1.29 is 4.74 Å². The standard InChI is InChI=1S/C78H64N2O/c1-4-56-28-32-58(33-29-56)59-38-45-69(46-39-59)81-54-55(3)19-17-18-50-78(64-20-9-6-10-21-64)74-27-16-15-26-70(74)71-47-44-68(53-75(71)78)79(65-22-11-7-12-23-65)67-42-36-61(37-43-67)63-41-49-77-73(52-63)72-51-62(60-34-30-57(5-2)31-35-60)40-48-76(72)80(77)66-24-13-8-14-25-66/h4-16,20-49,51-53,55H,1-2,17-19,50,54H2,3H3. The van der Waals surface area contributed by atoms with Gasteiger partial charge >= 0.3 is 0 Å². The molecule has 0 saturated heterocycles. The number of aromatic nitrogens is 1. The van der Waals surface area contributed by atoms with E-state index in [1.54, 1.807) is 0 Å². The number of rotatable bonds is 18. The summed E-state index contributed by atoms with van der Waals surface area (Å²) in [4.78, 5) is 2.43. The van der Waals surface area contributed by atoms with Gasteiger partial charge in [-0.3, -0.25) is 0 Å². The van der Waals surface area contributed by atoms with Gasteiger partial charge in [0, 0.05) is 38.9 Å². The molecule has 2 atom stereocenters. The normalized spacial score (nSPS) is 13.8. The third-order valence-electron chi connectivity index (χ3n) is 16.8. The third-order valence-corrected chi connectivity index (χ3v) is 16.8. The van der Waals surface area contributed by atoms with E-state index in [1.807, 2.05) is 12.2 Å². The van der Waals surface area contributed by atoms with Gasteiger partial charge in [-0.05, 0) is 176 Å². The van der Waals surface area contributed by atoms with Crippen LogP contribution in [-0.4, -0.2) is 11.2 Å². The molecule has 3 nitrogen and oxygen atoms in total. The lowest BCUT2D eigenvalue weighted by atomic mass is 9.69. The van der Waals surface area contributed by atoms with Crippen LogP contribution in [0.5, 0.6) is 5.75 Å². The Balaban J connectivity index is 0.803. The molecule has 0 bridgehead atoms. The summed E-state index contributed by atoms with van der Waals surface area (Å²) >= 11 is 0. The maximum atomic E-state index is 6.39. The summed E-state index contributed by atoms with van der Waals surface area (Å²) in [6.07, 6.45) is 8.03. The molecule has 11 aromatic carbocycles. The van der Waals surface area contributed by atoms with Gasteiger partial charge in [-0.15, -0.1) is 0 Å². The molecule has 1 aliphatic rings. The Hall–Kier alpha value is -9.70. The zero-order valence-corrected chi connectivity index (χ0v) is 45.9. The summed E-state index contributed by atoms with van der Waals surface area (Å²) in [6, 6.07) is 97.8. The van der Waals surface area contributed by atoms with E-state index in [9.17, 15) is 0 Å². The van der Waals surface area contributed by atoms with E-state index in [-0.39, 0.29) is 5.41 Å². The number of hydrogen-bond acceptors (Lipinski definition) is 2. The molecule has 3 heteroatoms. The molecule has 392 valence electrons. The first-order valence-electron chi connectivity index (χ1n) is 28.5. The van der Waals surface area contributed by atoms with Gasteiger partial charge in [0.2, 0.25) is 0 Å². The molecule has 2 unspecified atom stereocenters. The van der Waals surface area contributed by atoms with Crippen molar-refractivity contribution in [1.29, 1.82) is 0 Å². The first-order valence-corrected chi connectivity index (χ1v) is 28.5. The fourth-order valence-electron chi connectivity index (χ4n) is 12.6. The van der Waals surface area contributed by atoms with E-state index >= 15 is 0 Å². The quantitative estimate of drug-likeness (QED) is 0.0797. The lowest BCUT2D eigenvalue weighted by Gasteiger charge is -2.34. The number of benzene rings is 11. The molecule has 1 aromatic heterocycles. The number of ether oxygens (including phenoxy) is 1. The lowest BCUT2D eigenvalue weighted by Crippen LogP contribution is -2.27. The average Bonchev–Trinajstić information content (AvgIpc) is 4.20. The smallest absolute Gasteiger partial charge is 0.119 e. The third kappa shape index (κ3) is 9.76. The predicted molar refractivity (Wildman–Crippen MR) is 343 cm³/mol. The Bertz CT molecular complexity index is 4180. The molecule has 0 amide bonds. The van der Waals surface area contributed by atoms with E-state index in [0.29, 0.717) is 12.5 Å². The van der Waals surface area contributed by atoms with Crippen LogP contribution >= 0.6 is 0 Å². The number of unbranched alkanes of at least 4 members (excludes halogenated alkanes) is 1. The molecule has 12 aromatic rings. The van der Waals surface area contributed by atoms with Crippen molar-refractivity contribution in [3.8, 4) is 55.9 Å². The summed E-state index contributed by atoms with van der Waals surface area (Å²) in [6.45, 7) is 10.9. The van der Waals surface area contributed by atoms with Gasteiger partial charge in [-0.2, -0.15) is 0 Å². The number of anilines is 3. The minimum atomic E-state index is -0.331. The highest BCUT2D eigenvalue weighted by atomic mass is 16.5. The van der Waals surface area contributed by atoms with Crippen LogP contribution in [0, 0.1) is 5.92 Å². The van der Waals surface area contributed by atoms with Gasteiger partial charge in [-0.1, -0.05) is 227 Å². The zero-order valence-electron chi connectivity index (χ0n) is 45.9. The van der Waals surface area contributed by atoms with Crippen LogP contribution < -0.4 is 9.64 Å². The lowest BCUT2D eigenvalue weighted by molar-refractivity contribution is 0.248. The summed E-state index contributed by atoms with van der Waals surface area (Å²) in [5.74, 6) is 1.32. The predicted octanol–water partition coefficient (Wildman–Crippen LogP) is 21.1. The molecule has 0 saturated carbocycles. The first kappa shape index (κ1) is 50.8. The highest BCUT2D eigenvalue weighted by Crippen LogP contribution is 2.56. The SMILES string of the molecule is C=Cc1ccc(-c2ccc(OCC(C)CCCCC3(c4ccccc4)c4ccccc4-c4ccc(N(c5ccccc5)c5ccc(-c6ccc7c(c6)c6cc(-c8ccc(C=C)cc8)ccc6n7-c6ccccc6)cc5)cc43)cc2)cc1. The minimum Gasteiger partial charge on any atom is -0.493 e. The first-order chi connectivity index (χ1) is 39.9. The number of fused-ring (bicyclic) bond motifs is 6. The molecule has 13 rings (SSSR count). The molecular weight excluding hydrogens is 981 g/mol. The maximum Gasteiger partial charge on any atom is 0.119 e. The topological polar surface area (TPSA) is 17.4 Å². The molecule has 81 heavy (non-hydrogen) atoms. The molecule has 0 fully saturated rings. The summed E-state index contributed by atoms with van der Waals surface area (Å²) in [7, 11) is 0. The van der Waals surface area contributed by atoms with Gasteiger partial charge in [0.15, 0.2) is 0 Å². The Kier molecular flexibility index (Phi) is 13.9. The van der Waals surface area contributed by atoms with Crippen LogP contribution in [0.3, 0.4) is 0 Å². The Morgan fingerprint density at radius 3 is 1.53 bits per heavy atom. The van der Waals surface area contributed by atoms with E-state index in [4.69, 9.17) is 4.74 Å². The second kappa shape index (κ2) is 22.2. The number of para-hydroxylation sites is 2. The second-order valence-corrected chi connectivity index (χ2v) is 21.7. The fraction of sp³-hybridized carbons (Fsp3) is 0.103. The van der Waals surface area contributed by atoms with Gasteiger partial charge in [-0.25, -0.2) is 0 Å². The van der Waals surface area contributed by atoms with Gasteiger partial charge < -0.3 is 14.2 Å². The van der Waals surface area contributed by atoms with E-state index < -0.39 is 0 Å². The molecule has 0 radical (unpaired) electrons. The highest BCUT2D eigenvalue weighted by molar-refractivity contribution is 6.11. The minimum absolute atomic E-state index is 0.331. The average molecular weight is 1050 g/mol.